The second-order valence-corrected chi connectivity index (χ2v) is 4.51. The van der Waals surface area contributed by atoms with E-state index in [1.807, 2.05) is 29.6 Å². The quantitative estimate of drug-likeness (QED) is 0.796. The first-order valence-corrected chi connectivity index (χ1v) is 6.29. The Morgan fingerprint density at radius 3 is 2.67 bits per heavy atom. The van der Waals surface area contributed by atoms with Crippen molar-refractivity contribution in [1.82, 2.24) is 4.98 Å². The number of rotatable bonds is 4. The summed E-state index contributed by atoms with van der Waals surface area (Å²) in [6.07, 6.45) is 0. The second kappa shape index (κ2) is 5.64. The Kier molecular flexibility index (Phi) is 3.94. The first-order valence-electron chi connectivity index (χ1n) is 5.41. The highest BCUT2D eigenvalue weighted by Crippen LogP contribution is 2.25. The minimum absolute atomic E-state index is 0.224. The van der Waals surface area contributed by atoms with Crippen LogP contribution >= 0.6 is 11.3 Å². The average Bonchev–Trinajstić information content (AvgIpc) is 2.85. The number of esters is 1. The summed E-state index contributed by atoms with van der Waals surface area (Å²) in [5.74, 6) is 0.518. The maximum atomic E-state index is 10.7. The Labute approximate surface area is 109 Å². The standard InChI is InChI=1S/C13H13NO3S/c1-9(15)17-7-11-8-18-13(14-11)10-3-5-12(16-2)6-4-10/h3-6,8H,7H2,1-2H3. The van der Waals surface area contributed by atoms with E-state index in [4.69, 9.17) is 9.47 Å². The van der Waals surface area contributed by atoms with Gasteiger partial charge in [-0.1, -0.05) is 0 Å². The van der Waals surface area contributed by atoms with Crippen LogP contribution in [0.4, 0.5) is 0 Å². The molecule has 0 unspecified atom stereocenters. The van der Waals surface area contributed by atoms with Gasteiger partial charge in [0.15, 0.2) is 0 Å². The summed E-state index contributed by atoms with van der Waals surface area (Å²) in [6.45, 7) is 1.61. The van der Waals surface area contributed by atoms with Crippen LogP contribution in [-0.2, 0) is 16.1 Å². The monoisotopic (exact) mass is 263 g/mol. The van der Waals surface area contributed by atoms with Crippen LogP contribution in [0.15, 0.2) is 29.6 Å². The summed E-state index contributed by atoms with van der Waals surface area (Å²) in [7, 11) is 1.63. The number of thiazole rings is 1. The van der Waals surface area contributed by atoms with Crippen LogP contribution in [0.25, 0.3) is 10.6 Å². The number of hydrogen-bond acceptors (Lipinski definition) is 5. The van der Waals surface area contributed by atoms with Gasteiger partial charge in [0.25, 0.3) is 0 Å². The number of carbonyl (C=O) groups excluding carboxylic acids is 1. The smallest absolute Gasteiger partial charge is 0.303 e. The molecule has 1 aromatic carbocycles. The largest absolute Gasteiger partial charge is 0.497 e. The molecule has 2 rings (SSSR count). The molecular formula is C13H13NO3S. The van der Waals surface area contributed by atoms with Gasteiger partial charge in [-0.25, -0.2) is 4.98 Å². The molecule has 4 nitrogen and oxygen atoms in total. The third kappa shape index (κ3) is 3.07. The first-order chi connectivity index (χ1) is 8.69. The maximum absolute atomic E-state index is 10.7. The highest BCUT2D eigenvalue weighted by atomic mass is 32.1. The van der Waals surface area contributed by atoms with Gasteiger partial charge in [-0.3, -0.25) is 4.79 Å². The number of methoxy groups -OCH3 is 1. The summed E-state index contributed by atoms with van der Waals surface area (Å²) >= 11 is 1.52. The van der Waals surface area contributed by atoms with Gasteiger partial charge in [-0.15, -0.1) is 11.3 Å². The SMILES string of the molecule is COc1ccc(-c2nc(COC(C)=O)cs2)cc1. The van der Waals surface area contributed by atoms with Gasteiger partial charge in [0, 0.05) is 17.9 Å². The summed E-state index contributed by atoms with van der Waals surface area (Å²) < 4.78 is 10.00. The molecule has 18 heavy (non-hydrogen) atoms. The lowest BCUT2D eigenvalue weighted by Crippen LogP contribution is -1.98. The zero-order valence-corrected chi connectivity index (χ0v) is 11.0. The molecule has 5 heteroatoms. The lowest BCUT2D eigenvalue weighted by Gasteiger charge is -2.00. The van der Waals surface area contributed by atoms with Crippen molar-refractivity contribution < 1.29 is 14.3 Å². The highest BCUT2D eigenvalue weighted by molar-refractivity contribution is 7.13. The fourth-order valence-electron chi connectivity index (χ4n) is 1.42. The van der Waals surface area contributed by atoms with Gasteiger partial charge >= 0.3 is 5.97 Å². The molecule has 2 aromatic rings. The minimum Gasteiger partial charge on any atom is -0.497 e. The number of benzene rings is 1. The normalized spacial score (nSPS) is 10.1. The fourth-order valence-corrected chi connectivity index (χ4v) is 2.23. The van der Waals surface area contributed by atoms with Gasteiger partial charge in [0.05, 0.1) is 12.8 Å². The van der Waals surface area contributed by atoms with Crippen LogP contribution in [0.3, 0.4) is 0 Å². The molecule has 0 spiro atoms. The Balaban J connectivity index is 2.10. The Morgan fingerprint density at radius 2 is 2.06 bits per heavy atom. The molecular weight excluding hydrogens is 250 g/mol. The third-order valence-electron chi connectivity index (χ3n) is 2.31. The second-order valence-electron chi connectivity index (χ2n) is 3.65. The molecule has 0 aliphatic rings. The average molecular weight is 263 g/mol. The van der Waals surface area contributed by atoms with Crippen LogP contribution in [0, 0.1) is 0 Å². The molecule has 0 N–H and O–H groups in total. The van der Waals surface area contributed by atoms with Gasteiger partial charge < -0.3 is 9.47 Å². The predicted molar refractivity (Wildman–Crippen MR) is 69.6 cm³/mol. The van der Waals surface area contributed by atoms with E-state index in [0.29, 0.717) is 0 Å². The van der Waals surface area contributed by atoms with E-state index in [-0.39, 0.29) is 12.6 Å². The molecule has 0 saturated carbocycles. The van der Waals surface area contributed by atoms with E-state index < -0.39 is 0 Å². The van der Waals surface area contributed by atoms with Gasteiger partial charge in [-0.2, -0.15) is 0 Å². The van der Waals surface area contributed by atoms with E-state index in [1.54, 1.807) is 7.11 Å². The molecule has 0 amide bonds. The van der Waals surface area contributed by atoms with Crippen molar-refractivity contribution in [2.24, 2.45) is 0 Å². The Bertz CT molecular complexity index is 533. The van der Waals surface area contributed by atoms with Crippen LogP contribution in [0.1, 0.15) is 12.6 Å². The molecule has 1 heterocycles. The van der Waals surface area contributed by atoms with E-state index >= 15 is 0 Å². The van der Waals surface area contributed by atoms with Crippen molar-refractivity contribution in [2.75, 3.05) is 7.11 Å². The number of carbonyl (C=O) groups is 1. The molecule has 1 aromatic heterocycles. The van der Waals surface area contributed by atoms with Gasteiger partial charge in [0.1, 0.15) is 17.4 Å². The minimum atomic E-state index is -0.297. The number of nitrogens with zero attached hydrogens (tertiary/aromatic N) is 1. The molecule has 0 atom stereocenters. The lowest BCUT2D eigenvalue weighted by atomic mass is 10.2. The zero-order chi connectivity index (χ0) is 13.0. The van der Waals surface area contributed by atoms with Crippen LogP contribution < -0.4 is 4.74 Å². The molecule has 0 bridgehead atoms. The Hall–Kier alpha value is -1.88. The third-order valence-corrected chi connectivity index (χ3v) is 3.25. The summed E-state index contributed by atoms with van der Waals surface area (Å²) in [5.41, 5.74) is 1.79. The lowest BCUT2D eigenvalue weighted by molar-refractivity contribution is -0.142. The highest BCUT2D eigenvalue weighted by Gasteiger charge is 2.06. The molecule has 94 valence electrons. The molecule has 0 aliphatic heterocycles. The predicted octanol–water partition coefficient (Wildman–Crippen LogP) is 2.88. The van der Waals surface area contributed by atoms with Crippen molar-refractivity contribution in [1.29, 1.82) is 0 Å². The van der Waals surface area contributed by atoms with E-state index in [9.17, 15) is 4.79 Å². The molecule has 0 saturated heterocycles. The van der Waals surface area contributed by atoms with Crippen LogP contribution in [0.2, 0.25) is 0 Å². The van der Waals surface area contributed by atoms with Crippen molar-refractivity contribution in [2.45, 2.75) is 13.5 Å². The first kappa shape index (κ1) is 12.6. The van der Waals surface area contributed by atoms with Crippen LogP contribution in [-0.4, -0.2) is 18.1 Å². The van der Waals surface area contributed by atoms with Crippen molar-refractivity contribution in [3.05, 3.63) is 35.3 Å². The fraction of sp³-hybridized carbons (Fsp3) is 0.231. The van der Waals surface area contributed by atoms with Crippen molar-refractivity contribution >= 4 is 17.3 Å². The van der Waals surface area contributed by atoms with Gasteiger partial charge in [0.2, 0.25) is 0 Å². The molecule has 0 fully saturated rings. The summed E-state index contributed by atoms with van der Waals surface area (Å²) in [6, 6.07) is 7.69. The zero-order valence-electron chi connectivity index (χ0n) is 10.2. The number of ether oxygens (including phenoxy) is 2. The number of hydrogen-bond donors (Lipinski definition) is 0. The van der Waals surface area contributed by atoms with Crippen molar-refractivity contribution in [3.63, 3.8) is 0 Å². The van der Waals surface area contributed by atoms with Crippen LogP contribution in [0.5, 0.6) is 5.75 Å². The van der Waals surface area contributed by atoms with E-state index in [1.165, 1.54) is 18.3 Å². The number of aromatic nitrogens is 1. The van der Waals surface area contributed by atoms with Gasteiger partial charge in [-0.05, 0) is 24.3 Å². The summed E-state index contributed by atoms with van der Waals surface area (Å²) in [5, 5.41) is 2.79. The van der Waals surface area contributed by atoms with Crippen molar-refractivity contribution in [3.8, 4) is 16.3 Å². The topological polar surface area (TPSA) is 48.4 Å². The Morgan fingerprint density at radius 1 is 1.33 bits per heavy atom. The molecule has 0 radical (unpaired) electrons. The summed E-state index contributed by atoms with van der Waals surface area (Å²) in [4.78, 5) is 15.1. The molecule has 0 aliphatic carbocycles. The van der Waals surface area contributed by atoms with E-state index in [0.717, 1.165) is 22.0 Å². The van der Waals surface area contributed by atoms with E-state index in [2.05, 4.69) is 4.98 Å². The maximum Gasteiger partial charge on any atom is 0.303 e.